The molecule has 0 saturated heterocycles. The van der Waals surface area contributed by atoms with Gasteiger partial charge in [0.1, 0.15) is 0 Å². The molecule has 0 aliphatic carbocycles. The first-order chi connectivity index (χ1) is 9.99. The molecule has 1 rings (SSSR count). The molecule has 2 nitrogen and oxygen atoms in total. The number of halogens is 1. The van der Waals surface area contributed by atoms with E-state index in [2.05, 4.69) is 57.0 Å². The summed E-state index contributed by atoms with van der Waals surface area (Å²) >= 11 is 6.26. The normalized spacial score (nSPS) is 12.7. The SMILES string of the molecule is CCCCN(c1cc(Cl)ccc1CNC(C)C)C(C)CC. The van der Waals surface area contributed by atoms with E-state index in [1.807, 2.05) is 6.07 Å². The molecule has 120 valence electrons. The molecule has 3 heteroatoms. The molecule has 0 saturated carbocycles. The highest BCUT2D eigenvalue weighted by molar-refractivity contribution is 6.30. The van der Waals surface area contributed by atoms with E-state index in [9.17, 15) is 0 Å². The topological polar surface area (TPSA) is 15.3 Å². The van der Waals surface area contributed by atoms with Gasteiger partial charge >= 0.3 is 0 Å². The average Bonchev–Trinajstić information content (AvgIpc) is 2.46. The highest BCUT2D eigenvalue weighted by Crippen LogP contribution is 2.28. The van der Waals surface area contributed by atoms with E-state index in [4.69, 9.17) is 11.6 Å². The van der Waals surface area contributed by atoms with E-state index in [0.717, 1.165) is 24.5 Å². The van der Waals surface area contributed by atoms with Crippen LogP contribution in [0.3, 0.4) is 0 Å². The van der Waals surface area contributed by atoms with Crippen LogP contribution in [-0.4, -0.2) is 18.6 Å². The smallest absolute Gasteiger partial charge is 0.0429 e. The minimum atomic E-state index is 0.487. The van der Waals surface area contributed by atoms with Crippen molar-refractivity contribution in [2.75, 3.05) is 11.4 Å². The summed E-state index contributed by atoms with van der Waals surface area (Å²) in [4.78, 5) is 2.52. The minimum Gasteiger partial charge on any atom is -0.369 e. The fourth-order valence-electron chi connectivity index (χ4n) is 2.40. The van der Waals surface area contributed by atoms with Crippen molar-refractivity contribution in [3.63, 3.8) is 0 Å². The first kappa shape index (κ1) is 18.3. The van der Waals surface area contributed by atoms with Gasteiger partial charge in [0.25, 0.3) is 0 Å². The third kappa shape index (κ3) is 5.88. The Balaban J connectivity index is 3.05. The predicted octanol–water partition coefficient (Wildman–Crippen LogP) is 5.24. The van der Waals surface area contributed by atoms with Crippen molar-refractivity contribution >= 4 is 17.3 Å². The second kappa shape index (κ2) is 9.32. The van der Waals surface area contributed by atoms with Crippen molar-refractivity contribution < 1.29 is 0 Å². The molecule has 0 aromatic heterocycles. The summed E-state index contributed by atoms with van der Waals surface area (Å²) in [6, 6.07) is 7.31. The zero-order valence-corrected chi connectivity index (χ0v) is 15.0. The lowest BCUT2D eigenvalue weighted by Crippen LogP contribution is -2.35. The molecule has 0 radical (unpaired) electrons. The molecule has 0 aliphatic rings. The average molecular weight is 311 g/mol. The van der Waals surface area contributed by atoms with Gasteiger partial charge in [0.05, 0.1) is 0 Å². The molecule has 0 bridgehead atoms. The minimum absolute atomic E-state index is 0.487. The highest BCUT2D eigenvalue weighted by atomic mass is 35.5. The van der Waals surface area contributed by atoms with Crippen molar-refractivity contribution in [3.8, 4) is 0 Å². The van der Waals surface area contributed by atoms with Gasteiger partial charge in [0, 0.05) is 35.9 Å². The van der Waals surface area contributed by atoms with Crippen LogP contribution < -0.4 is 10.2 Å². The molecule has 1 unspecified atom stereocenters. The first-order valence-electron chi connectivity index (χ1n) is 8.28. The zero-order valence-electron chi connectivity index (χ0n) is 14.2. The van der Waals surface area contributed by atoms with Crippen molar-refractivity contribution in [2.24, 2.45) is 0 Å². The Kier molecular flexibility index (Phi) is 8.13. The van der Waals surface area contributed by atoms with Crippen LogP contribution in [0.2, 0.25) is 5.02 Å². The molecule has 1 aromatic carbocycles. The molecule has 0 fully saturated rings. The van der Waals surface area contributed by atoms with Crippen molar-refractivity contribution in [2.45, 2.75) is 72.5 Å². The van der Waals surface area contributed by atoms with Gasteiger partial charge in [0.2, 0.25) is 0 Å². The largest absolute Gasteiger partial charge is 0.369 e. The third-order valence-electron chi connectivity index (χ3n) is 3.93. The van der Waals surface area contributed by atoms with Crippen LogP contribution in [0.4, 0.5) is 5.69 Å². The Labute approximate surface area is 135 Å². The fourth-order valence-corrected chi connectivity index (χ4v) is 2.56. The quantitative estimate of drug-likeness (QED) is 0.670. The number of benzene rings is 1. The summed E-state index contributed by atoms with van der Waals surface area (Å²) in [6.45, 7) is 13.1. The second-order valence-electron chi connectivity index (χ2n) is 6.11. The van der Waals surface area contributed by atoms with Crippen LogP contribution in [-0.2, 0) is 6.54 Å². The van der Waals surface area contributed by atoms with E-state index in [1.165, 1.54) is 24.1 Å². The summed E-state index contributed by atoms with van der Waals surface area (Å²) in [6.07, 6.45) is 3.58. The molecular formula is C18H31ClN2. The molecule has 21 heavy (non-hydrogen) atoms. The van der Waals surface area contributed by atoms with Crippen molar-refractivity contribution in [1.29, 1.82) is 0 Å². The standard InChI is InChI=1S/C18H31ClN2/c1-6-8-11-21(15(5)7-2)18-12-17(19)10-9-16(18)13-20-14(3)4/h9-10,12,14-15,20H,6-8,11,13H2,1-5H3. The molecule has 0 spiro atoms. The number of hydrogen-bond acceptors (Lipinski definition) is 2. The lowest BCUT2D eigenvalue weighted by Gasteiger charge is -2.33. The van der Waals surface area contributed by atoms with Gasteiger partial charge in [0.15, 0.2) is 0 Å². The van der Waals surface area contributed by atoms with Gasteiger partial charge in [-0.05, 0) is 37.5 Å². The van der Waals surface area contributed by atoms with E-state index in [-0.39, 0.29) is 0 Å². The Bertz CT molecular complexity index is 418. The van der Waals surface area contributed by atoms with Crippen molar-refractivity contribution in [1.82, 2.24) is 5.32 Å². The maximum atomic E-state index is 6.26. The van der Waals surface area contributed by atoms with Gasteiger partial charge < -0.3 is 10.2 Å². The lowest BCUT2D eigenvalue weighted by atomic mass is 10.1. The van der Waals surface area contributed by atoms with E-state index in [1.54, 1.807) is 0 Å². The lowest BCUT2D eigenvalue weighted by molar-refractivity contribution is 0.573. The molecular weight excluding hydrogens is 280 g/mol. The number of nitrogens with zero attached hydrogens (tertiary/aromatic N) is 1. The molecule has 0 aliphatic heterocycles. The second-order valence-corrected chi connectivity index (χ2v) is 6.55. The first-order valence-corrected chi connectivity index (χ1v) is 8.65. The Morgan fingerprint density at radius 3 is 2.48 bits per heavy atom. The summed E-state index contributed by atoms with van der Waals surface area (Å²) in [5.41, 5.74) is 2.63. The number of unbranched alkanes of at least 4 members (excludes halogenated alkanes) is 1. The van der Waals surface area contributed by atoms with Gasteiger partial charge in [-0.1, -0.05) is 51.8 Å². The summed E-state index contributed by atoms with van der Waals surface area (Å²) < 4.78 is 0. The summed E-state index contributed by atoms with van der Waals surface area (Å²) in [5, 5.41) is 4.34. The van der Waals surface area contributed by atoms with Gasteiger partial charge in [-0.15, -0.1) is 0 Å². The Hall–Kier alpha value is -0.730. The van der Waals surface area contributed by atoms with Crippen LogP contribution in [0.1, 0.15) is 59.4 Å². The molecule has 1 atom stereocenters. The van der Waals surface area contributed by atoms with E-state index < -0.39 is 0 Å². The van der Waals surface area contributed by atoms with Crippen molar-refractivity contribution in [3.05, 3.63) is 28.8 Å². The van der Waals surface area contributed by atoms with Gasteiger partial charge in [-0.2, -0.15) is 0 Å². The number of anilines is 1. The number of nitrogens with one attached hydrogen (secondary N) is 1. The Morgan fingerprint density at radius 1 is 1.19 bits per heavy atom. The summed E-state index contributed by atoms with van der Waals surface area (Å²) in [7, 11) is 0. The van der Waals surface area contributed by atoms with Crippen LogP contribution in [0, 0.1) is 0 Å². The van der Waals surface area contributed by atoms with E-state index in [0.29, 0.717) is 12.1 Å². The predicted molar refractivity (Wildman–Crippen MR) is 95.4 cm³/mol. The van der Waals surface area contributed by atoms with Gasteiger partial charge in [-0.3, -0.25) is 0 Å². The van der Waals surface area contributed by atoms with Crippen LogP contribution in [0.5, 0.6) is 0 Å². The Morgan fingerprint density at radius 2 is 1.90 bits per heavy atom. The molecule has 0 amide bonds. The van der Waals surface area contributed by atoms with Crippen LogP contribution in [0.25, 0.3) is 0 Å². The van der Waals surface area contributed by atoms with Crippen LogP contribution in [0.15, 0.2) is 18.2 Å². The molecule has 1 N–H and O–H groups in total. The van der Waals surface area contributed by atoms with Gasteiger partial charge in [-0.25, -0.2) is 0 Å². The maximum Gasteiger partial charge on any atom is 0.0429 e. The molecule has 0 heterocycles. The summed E-state index contributed by atoms with van der Waals surface area (Å²) in [5.74, 6) is 0. The van der Waals surface area contributed by atoms with Crippen LogP contribution >= 0.6 is 11.6 Å². The third-order valence-corrected chi connectivity index (χ3v) is 4.17. The fraction of sp³-hybridized carbons (Fsp3) is 0.667. The zero-order chi connectivity index (χ0) is 15.8. The number of rotatable bonds is 9. The highest BCUT2D eigenvalue weighted by Gasteiger charge is 2.16. The molecule has 1 aromatic rings. The maximum absolute atomic E-state index is 6.26. The number of hydrogen-bond donors (Lipinski definition) is 1. The van der Waals surface area contributed by atoms with E-state index >= 15 is 0 Å². The monoisotopic (exact) mass is 310 g/mol.